The van der Waals surface area contributed by atoms with E-state index in [9.17, 15) is 9.18 Å². The lowest BCUT2D eigenvalue weighted by Crippen LogP contribution is -2.49. The highest BCUT2D eigenvalue weighted by Gasteiger charge is 2.28. The highest BCUT2D eigenvalue weighted by atomic mass is 19.1. The molecule has 32 heavy (non-hydrogen) atoms. The summed E-state index contributed by atoms with van der Waals surface area (Å²) in [6.45, 7) is 11.9. The molecule has 0 radical (unpaired) electrons. The Morgan fingerprint density at radius 2 is 1.69 bits per heavy atom. The summed E-state index contributed by atoms with van der Waals surface area (Å²) in [4.78, 5) is 18.0. The van der Waals surface area contributed by atoms with E-state index in [4.69, 9.17) is 0 Å². The van der Waals surface area contributed by atoms with Gasteiger partial charge in [-0.3, -0.25) is 4.79 Å². The van der Waals surface area contributed by atoms with Gasteiger partial charge in [0, 0.05) is 44.1 Å². The lowest BCUT2D eigenvalue weighted by atomic mass is 10.1. The van der Waals surface area contributed by atoms with Crippen LogP contribution < -0.4 is 4.90 Å². The molecule has 2 heterocycles. The Morgan fingerprint density at radius 3 is 2.34 bits per heavy atom. The predicted molar refractivity (Wildman–Crippen MR) is 128 cm³/mol. The van der Waals surface area contributed by atoms with Crippen molar-refractivity contribution < 1.29 is 9.18 Å². The van der Waals surface area contributed by atoms with Crippen LogP contribution in [0.2, 0.25) is 0 Å². The van der Waals surface area contributed by atoms with Crippen LogP contribution in [-0.2, 0) is 13.0 Å². The molecule has 0 atom stereocenters. The molecule has 168 valence electrons. The average Bonchev–Trinajstić information content (AvgIpc) is 3.02. The predicted octanol–water partition coefficient (Wildman–Crippen LogP) is 5.13. The van der Waals surface area contributed by atoms with Crippen LogP contribution in [-0.4, -0.2) is 41.6 Å². The van der Waals surface area contributed by atoms with Gasteiger partial charge in [-0.25, -0.2) is 4.39 Å². The van der Waals surface area contributed by atoms with E-state index in [0.29, 0.717) is 19.6 Å². The molecule has 4 rings (SSSR count). The Morgan fingerprint density at radius 1 is 0.969 bits per heavy atom. The lowest BCUT2D eigenvalue weighted by molar-refractivity contribution is 0.0735. The van der Waals surface area contributed by atoms with Crippen LogP contribution in [0.25, 0.3) is 0 Å². The van der Waals surface area contributed by atoms with Gasteiger partial charge in [-0.05, 0) is 67.6 Å². The Kier molecular flexibility index (Phi) is 6.35. The van der Waals surface area contributed by atoms with E-state index in [0.717, 1.165) is 42.0 Å². The third kappa shape index (κ3) is 4.16. The van der Waals surface area contributed by atoms with Crippen LogP contribution in [0.1, 0.15) is 45.4 Å². The van der Waals surface area contributed by atoms with Crippen LogP contribution in [0, 0.1) is 26.6 Å². The zero-order chi connectivity index (χ0) is 22.8. The number of nitrogens with zero attached hydrogens (tertiary/aromatic N) is 3. The minimum atomic E-state index is -0.250. The van der Waals surface area contributed by atoms with Gasteiger partial charge in [0.1, 0.15) is 11.5 Å². The van der Waals surface area contributed by atoms with Crippen molar-refractivity contribution in [2.75, 3.05) is 31.1 Å². The number of halogens is 1. The summed E-state index contributed by atoms with van der Waals surface area (Å²) in [6.07, 6.45) is 0.870. The molecule has 0 aliphatic carbocycles. The number of aromatic nitrogens is 1. The van der Waals surface area contributed by atoms with Crippen molar-refractivity contribution in [3.05, 3.63) is 88.0 Å². The van der Waals surface area contributed by atoms with Crippen molar-refractivity contribution >= 4 is 11.6 Å². The minimum absolute atomic E-state index is 0.0751. The molecule has 1 saturated heterocycles. The van der Waals surface area contributed by atoms with Crippen molar-refractivity contribution in [1.29, 1.82) is 0 Å². The molecule has 0 unspecified atom stereocenters. The maximum atomic E-state index is 13.8. The maximum absolute atomic E-state index is 13.8. The fourth-order valence-electron chi connectivity index (χ4n) is 4.98. The highest BCUT2D eigenvalue weighted by Crippen LogP contribution is 2.27. The molecule has 0 N–H and O–H groups in total. The molecule has 1 fully saturated rings. The molecule has 0 spiro atoms. The quantitative estimate of drug-likeness (QED) is 0.558. The number of hydrogen-bond acceptors (Lipinski definition) is 2. The van der Waals surface area contributed by atoms with Gasteiger partial charge in [-0.15, -0.1) is 0 Å². The summed E-state index contributed by atoms with van der Waals surface area (Å²) in [5.74, 6) is -0.175. The summed E-state index contributed by atoms with van der Waals surface area (Å²) in [5, 5.41) is 0. The first-order valence-electron chi connectivity index (χ1n) is 11.4. The average molecular weight is 434 g/mol. The monoisotopic (exact) mass is 433 g/mol. The van der Waals surface area contributed by atoms with Gasteiger partial charge >= 0.3 is 0 Å². The van der Waals surface area contributed by atoms with E-state index in [1.807, 2.05) is 17.9 Å². The Hall–Kier alpha value is -3.08. The summed E-state index contributed by atoms with van der Waals surface area (Å²) >= 11 is 0. The number of para-hydroxylation sites is 1. The van der Waals surface area contributed by atoms with Crippen molar-refractivity contribution in [3.63, 3.8) is 0 Å². The molecule has 0 saturated carbocycles. The minimum Gasteiger partial charge on any atom is -0.368 e. The van der Waals surface area contributed by atoms with Crippen LogP contribution >= 0.6 is 0 Å². The fourth-order valence-corrected chi connectivity index (χ4v) is 4.98. The molecule has 2 aromatic carbocycles. The van der Waals surface area contributed by atoms with Gasteiger partial charge in [0.2, 0.25) is 0 Å². The molecular weight excluding hydrogens is 401 g/mol. The third-order valence-electron chi connectivity index (χ3n) is 6.73. The van der Waals surface area contributed by atoms with E-state index in [1.54, 1.807) is 12.1 Å². The number of carbonyl (C=O) groups is 1. The van der Waals surface area contributed by atoms with Crippen molar-refractivity contribution in [1.82, 2.24) is 9.47 Å². The smallest absolute Gasteiger partial charge is 0.270 e. The standard InChI is InChI=1S/C27H32FN3O/c1-5-24-20(3)26(31(21(24)4)18-22-10-8-11-23(28)17-22)27(32)30-15-13-29(14-16-30)25-12-7-6-9-19(25)2/h6-12,17H,5,13-16,18H2,1-4H3. The second-order valence-electron chi connectivity index (χ2n) is 8.67. The van der Waals surface area contributed by atoms with E-state index < -0.39 is 0 Å². The molecule has 1 aliphatic rings. The van der Waals surface area contributed by atoms with Gasteiger partial charge in [-0.2, -0.15) is 0 Å². The van der Waals surface area contributed by atoms with Crippen LogP contribution in [0.5, 0.6) is 0 Å². The molecule has 1 amide bonds. The van der Waals surface area contributed by atoms with Crippen LogP contribution in [0.3, 0.4) is 0 Å². The highest BCUT2D eigenvalue weighted by molar-refractivity contribution is 5.95. The molecule has 5 heteroatoms. The first-order chi connectivity index (χ1) is 15.4. The van der Waals surface area contributed by atoms with Gasteiger partial charge in [0.25, 0.3) is 5.91 Å². The lowest BCUT2D eigenvalue weighted by Gasteiger charge is -2.37. The largest absolute Gasteiger partial charge is 0.368 e. The number of piperazine rings is 1. The third-order valence-corrected chi connectivity index (χ3v) is 6.73. The second kappa shape index (κ2) is 9.19. The molecule has 4 nitrogen and oxygen atoms in total. The molecule has 3 aromatic rings. The SMILES string of the molecule is CCc1c(C)c(C(=O)N2CCN(c3ccccc3C)CC2)n(Cc2cccc(F)c2)c1C. The van der Waals surface area contributed by atoms with Crippen molar-refractivity contribution in [2.45, 2.75) is 40.7 Å². The van der Waals surface area contributed by atoms with Gasteiger partial charge in [0.15, 0.2) is 0 Å². The van der Waals surface area contributed by atoms with Gasteiger partial charge in [0.05, 0.1) is 0 Å². The number of carbonyl (C=O) groups excluding carboxylic acids is 1. The Bertz CT molecular complexity index is 1130. The summed E-state index contributed by atoms with van der Waals surface area (Å²) in [6, 6.07) is 15.0. The van der Waals surface area contributed by atoms with Crippen molar-refractivity contribution in [2.24, 2.45) is 0 Å². The maximum Gasteiger partial charge on any atom is 0.270 e. The first-order valence-corrected chi connectivity index (χ1v) is 11.4. The molecule has 1 aliphatic heterocycles. The van der Waals surface area contributed by atoms with Gasteiger partial charge in [-0.1, -0.05) is 37.3 Å². The number of aryl methyl sites for hydroxylation is 1. The topological polar surface area (TPSA) is 28.5 Å². The summed E-state index contributed by atoms with van der Waals surface area (Å²) in [5.41, 5.74) is 7.47. The number of anilines is 1. The molecular formula is C27H32FN3O. The first kappa shape index (κ1) is 22.1. The zero-order valence-corrected chi connectivity index (χ0v) is 19.5. The second-order valence-corrected chi connectivity index (χ2v) is 8.67. The van der Waals surface area contributed by atoms with Crippen molar-refractivity contribution in [3.8, 4) is 0 Å². The van der Waals surface area contributed by atoms with E-state index in [2.05, 4.69) is 54.5 Å². The zero-order valence-electron chi connectivity index (χ0n) is 19.5. The normalized spacial score (nSPS) is 14.2. The van der Waals surface area contributed by atoms with Gasteiger partial charge < -0.3 is 14.4 Å². The number of rotatable bonds is 5. The van der Waals surface area contributed by atoms with Crippen LogP contribution in [0.15, 0.2) is 48.5 Å². The Labute approximate surface area is 190 Å². The summed E-state index contributed by atoms with van der Waals surface area (Å²) < 4.78 is 15.9. The summed E-state index contributed by atoms with van der Waals surface area (Å²) in [7, 11) is 0. The number of benzene rings is 2. The molecule has 1 aromatic heterocycles. The number of amides is 1. The van der Waals surface area contributed by atoms with E-state index in [-0.39, 0.29) is 11.7 Å². The molecule has 0 bridgehead atoms. The fraction of sp³-hybridized carbons (Fsp3) is 0.370. The van der Waals surface area contributed by atoms with E-state index >= 15 is 0 Å². The Balaban J connectivity index is 1.59. The number of hydrogen-bond donors (Lipinski definition) is 0. The van der Waals surface area contributed by atoms with Crippen LogP contribution in [0.4, 0.5) is 10.1 Å². The van der Waals surface area contributed by atoms with E-state index in [1.165, 1.54) is 22.9 Å².